The fourth-order valence-electron chi connectivity index (χ4n) is 15.2. The van der Waals surface area contributed by atoms with E-state index in [4.69, 9.17) is 33.2 Å². The molecule has 380 valence electrons. The fraction of sp³-hybridized carbons (Fsp3) is 0.958. The molecule has 8 rings (SSSR count). The summed E-state index contributed by atoms with van der Waals surface area (Å²) in [6.45, 7) is 13.6. The van der Waals surface area contributed by atoms with Gasteiger partial charge in [-0.3, -0.25) is 0 Å². The van der Waals surface area contributed by atoms with Gasteiger partial charge in [0.2, 0.25) is 0 Å². The van der Waals surface area contributed by atoms with E-state index in [-0.39, 0.29) is 53.3 Å². The Labute approximate surface area is 388 Å². The summed E-state index contributed by atoms with van der Waals surface area (Å²) in [4.78, 5) is 0. The van der Waals surface area contributed by atoms with Gasteiger partial charge in [-0.15, -0.1) is 0 Å². The lowest BCUT2D eigenvalue weighted by Gasteiger charge is -2.73. The molecule has 5 aliphatic carbocycles. The van der Waals surface area contributed by atoms with Gasteiger partial charge in [-0.1, -0.05) is 53.2 Å². The van der Waals surface area contributed by atoms with Crippen LogP contribution in [0.5, 0.6) is 0 Å². The zero-order valence-electron chi connectivity index (χ0n) is 39.9. The first-order chi connectivity index (χ1) is 30.9. The van der Waals surface area contributed by atoms with Gasteiger partial charge in [-0.25, -0.2) is 0 Å². The molecule has 25 atom stereocenters. The van der Waals surface area contributed by atoms with Crippen molar-refractivity contribution in [3.63, 3.8) is 0 Å². The molecule has 0 unspecified atom stereocenters. The van der Waals surface area contributed by atoms with E-state index >= 15 is 0 Å². The average Bonchev–Trinajstić information content (AvgIpc) is 3.27. The summed E-state index contributed by atoms with van der Waals surface area (Å²) in [7, 11) is 1.76. The number of ether oxygens (including phenoxy) is 7. The van der Waals surface area contributed by atoms with Gasteiger partial charge < -0.3 is 89.3 Å². The SMILES string of the molecule is CO[C@H]1C=C2[C@@H]3CC(C)(C)CC[C@]3(CO)[C@@H](O)C[C@]2(C)[C@@]2(C)CC[C@H]3[C@](C)(CC[C@@H](O[C@@H]4O[C@H](C)[C@@H](O)[C@@H](O[C@@H]5O[C@H](CO)[C@H](O)[C@@H](O)[C@@H]5O[C@@H]5OC[C@H](O)[C@H](O)[C@H]5O)[C@@H]4O)[C@]3(C)CO)[C@H]12. The summed E-state index contributed by atoms with van der Waals surface area (Å²) in [6, 6.07) is 0. The quantitative estimate of drug-likeness (QED) is 0.100. The van der Waals surface area contributed by atoms with Crippen molar-refractivity contribution in [1.82, 2.24) is 0 Å². The maximum Gasteiger partial charge on any atom is 0.187 e. The lowest BCUT2D eigenvalue weighted by atomic mass is 9.32. The summed E-state index contributed by atoms with van der Waals surface area (Å²) in [5.74, 6) is -0.103. The Bertz CT molecular complexity index is 1750. The van der Waals surface area contributed by atoms with Crippen molar-refractivity contribution < 1.29 is 89.3 Å². The molecule has 3 heterocycles. The Kier molecular flexibility index (Phi) is 14.2. The van der Waals surface area contributed by atoms with Gasteiger partial charge >= 0.3 is 0 Å². The highest BCUT2D eigenvalue weighted by Gasteiger charge is 2.72. The number of hydrogen-bond donors (Lipinski definition) is 11. The molecular weight excluding hydrogens is 865 g/mol. The minimum atomic E-state index is -1.82. The number of fused-ring (bicyclic) bond motifs is 7. The van der Waals surface area contributed by atoms with Gasteiger partial charge in [0, 0.05) is 23.9 Å². The van der Waals surface area contributed by atoms with E-state index in [1.54, 1.807) is 14.0 Å². The minimum Gasteiger partial charge on any atom is -0.396 e. The van der Waals surface area contributed by atoms with Gasteiger partial charge in [0.05, 0.1) is 50.8 Å². The number of rotatable bonds is 10. The third-order valence-corrected chi connectivity index (χ3v) is 19.4. The van der Waals surface area contributed by atoms with Crippen LogP contribution in [0.1, 0.15) is 99.8 Å². The first kappa shape index (κ1) is 51.4. The molecule has 0 radical (unpaired) electrons. The second-order valence-corrected chi connectivity index (χ2v) is 23.4. The van der Waals surface area contributed by atoms with E-state index in [9.17, 15) is 56.2 Å². The summed E-state index contributed by atoms with van der Waals surface area (Å²) >= 11 is 0. The molecule has 66 heavy (non-hydrogen) atoms. The smallest absolute Gasteiger partial charge is 0.187 e. The van der Waals surface area contributed by atoms with Crippen molar-refractivity contribution in [2.75, 3.05) is 33.5 Å². The van der Waals surface area contributed by atoms with Gasteiger partial charge in [-0.2, -0.15) is 0 Å². The van der Waals surface area contributed by atoms with Crippen LogP contribution in [-0.4, -0.2) is 194 Å². The maximum absolute atomic E-state index is 12.2. The van der Waals surface area contributed by atoms with Crippen molar-refractivity contribution in [1.29, 1.82) is 0 Å². The van der Waals surface area contributed by atoms with Gasteiger partial charge in [0.25, 0.3) is 0 Å². The molecule has 0 aromatic heterocycles. The predicted molar refractivity (Wildman–Crippen MR) is 232 cm³/mol. The van der Waals surface area contributed by atoms with E-state index in [0.717, 1.165) is 32.1 Å². The topological polar surface area (TPSA) is 287 Å². The molecule has 18 heteroatoms. The molecule has 11 N–H and O–H groups in total. The standard InChI is InChI=1S/C48H80O18/c1-22-31(54)37(65-42-38(34(57)33(56)27(18-49)63-42)66-40-35(58)32(55)25(52)19-61-40)36(59)41(62-22)64-30-10-11-44(4)28(45(30,5)20-50)9-12-46(6)39(44)26(60-8)15-23-24-16-43(2,3)13-14-48(24,21-51)29(53)17-47(23,46)7/h15,22,24-42,49-59H,9-14,16-21H2,1-8H3/t22-,24+,25+,26+,27-,28+,29+,30-,31-,32+,33+,34-,35-,36+,37-,38+,39+,40+,41+,42+,44+,45-,46+,47+,48-/m1/s1. The van der Waals surface area contributed by atoms with Crippen molar-refractivity contribution in [3.05, 3.63) is 11.6 Å². The molecule has 8 aliphatic rings. The lowest BCUT2D eigenvalue weighted by molar-refractivity contribution is -0.387. The summed E-state index contributed by atoms with van der Waals surface area (Å²) in [6.07, 6.45) is -15.4. The lowest BCUT2D eigenvalue weighted by Crippen LogP contribution is -2.70. The number of allylic oxidation sites excluding steroid dienone is 1. The molecular formula is C48H80O18. The highest BCUT2D eigenvalue weighted by atomic mass is 16.8. The molecule has 4 saturated carbocycles. The number of aliphatic hydroxyl groups excluding tert-OH is 11. The van der Waals surface area contributed by atoms with Crippen molar-refractivity contribution in [2.45, 2.75) is 204 Å². The Morgan fingerprint density at radius 1 is 0.682 bits per heavy atom. The average molecular weight is 945 g/mol. The number of methoxy groups -OCH3 is 1. The van der Waals surface area contributed by atoms with Crippen molar-refractivity contribution >= 4 is 0 Å². The van der Waals surface area contributed by atoms with E-state index in [2.05, 4.69) is 40.7 Å². The predicted octanol–water partition coefficient (Wildman–Crippen LogP) is -0.151. The van der Waals surface area contributed by atoms with Crippen LogP contribution >= 0.6 is 0 Å². The zero-order chi connectivity index (χ0) is 48.3. The first-order valence-electron chi connectivity index (χ1n) is 24.3. The monoisotopic (exact) mass is 945 g/mol. The molecule has 3 saturated heterocycles. The van der Waals surface area contributed by atoms with E-state index in [0.29, 0.717) is 19.3 Å². The Morgan fingerprint density at radius 3 is 2.03 bits per heavy atom. The zero-order valence-corrected chi connectivity index (χ0v) is 39.9. The van der Waals surface area contributed by atoms with Crippen LogP contribution in [0.4, 0.5) is 0 Å². The van der Waals surface area contributed by atoms with Crippen molar-refractivity contribution in [2.24, 2.45) is 50.2 Å². The molecule has 0 aromatic carbocycles. The van der Waals surface area contributed by atoms with Crippen LogP contribution in [0.25, 0.3) is 0 Å². The van der Waals surface area contributed by atoms with Crippen LogP contribution in [0.2, 0.25) is 0 Å². The van der Waals surface area contributed by atoms with Crippen molar-refractivity contribution in [3.8, 4) is 0 Å². The summed E-state index contributed by atoms with van der Waals surface area (Å²) in [5, 5.41) is 121. The minimum absolute atomic E-state index is 0.00195. The normalized spacial score (nSPS) is 56.0. The van der Waals surface area contributed by atoms with Gasteiger partial charge in [0.1, 0.15) is 61.0 Å². The highest BCUT2D eigenvalue weighted by molar-refractivity contribution is 5.37. The number of hydrogen-bond acceptors (Lipinski definition) is 18. The van der Waals surface area contributed by atoms with Gasteiger partial charge in [0.15, 0.2) is 18.9 Å². The Balaban J connectivity index is 1.05. The Hall–Kier alpha value is -0.980. The van der Waals surface area contributed by atoms with E-state index in [1.807, 2.05) is 6.92 Å². The molecule has 18 nitrogen and oxygen atoms in total. The second-order valence-electron chi connectivity index (χ2n) is 23.4. The van der Waals surface area contributed by atoms with Gasteiger partial charge in [-0.05, 0) is 91.8 Å². The Morgan fingerprint density at radius 2 is 1.38 bits per heavy atom. The fourth-order valence-corrected chi connectivity index (χ4v) is 15.2. The number of aliphatic hydroxyl groups is 11. The molecule has 0 bridgehead atoms. The van der Waals surface area contributed by atoms with E-state index < -0.39 is 128 Å². The van der Waals surface area contributed by atoms with Crippen LogP contribution < -0.4 is 0 Å². The molecule has 0 aromatic rings. The molecule has 0 spiro atoms. The van der Waals surface area contributed by atoms with Crippen LogP contribution in [0.15, 0.2) is 11.6 Å². The van der Waals surface area contributed by atoms with Crippen LogP contribution in [-0.2, 0) is 33.2 Å². The molecule has 7 fully saturated rings. The third kappa shape index (κ3) is 7.82. The second kappa shape index (κ2) is 18.3. The maximum atomic E-state index is 12.2. The molecule has 0 amide bonds. The molecule has 3 aliphatic heterocycles. The van der Waals surface area contributed by atoms with E-state index in [1.165, 1.54) is 5.57 Å². The first-order valence-corrected chi connectivity index (χ1v) is 24.3. The van der Waals surface area contributed by atoms with Crippen LogP contribution in [0, 0.1) is 50.2 Å². The third-order valence-electron chi connectivity index (χ3n) is 19.4. The largest absolute Gasteiger partial charge is 0.396 e. The highest BCUT2D eigenvalue weighted by Crippen LogP contribution is 2.76. The van der Waals surface area contributed by atoms with Crippen LogP contribution in [0.3, 0.4) is 0 Å². The summed E-state index contributed by atoms with van der Waals surface area (Å²) in [5.41, 5.74) is -1.21. The summed E-state index contributed by atoms with van der Waals surface area (Å²) < 4.78 is 42.6.